The summed E-state index contributed by atoms with van der Waals surface area (Å²) < 4.78 is 5.12. The Hall–Kier alpha value is -2.20. The van der Waals surface area contributed by atoms with Gasteiger partial charge in [-0.2, -0.15) is 0 Å². The summed E-state index contributed by atoms with van der Waals surface area (Å²) in [5.74, 6) is 0.873. The first kappa shape index (κ1) is 17.2. The zero-order valence-corrected chi connectivity index (χ0v) is 13.9. The Bertz CT molecular complexity index is 629. The maximum Gasteiger partial charge on any atom is 0.221 e. The van der Waals surface area contributed by atoms with E-state index in [0.29, 0.717) is 24.5 Å². The van der Waals surface area contributed by atoms with Gasteiger partial charge in [-0.25, -0.2) is 0 Å². The molecule has 5 heteroatoms. The number of benzene rings is 2. The Kier molecular flexibility index (Phi) is 6.76. The number of hydrogen-bond donors (Lipinski definition) is 2. The molecule has 23 heavy (non-hydrogen) atoms. The van der Waals surface area contributed by atoms with Crippen LogP contribution in [0.25, 0.3) is 0 Å². The highest BCUT2D eigenvalue weighted by Gasteiger charge is 2.01. The average molecular weight is 333 g/mol. The van der Waals surface area contributed by atoms with Crippen LogP contribution in [0.1, 0.15) is 12.0 Å². The number of methoxy groups -OCH3 is 1. The van der Waals surface area contributed by atoms with Gasteiger partial charge in [0.1, 0.15) is 5.75 Å². The van der Waals surface area contributed by atoms with Gasteiger partial charge in [-0.1, -0.05) is 29.8 Å². The second kappa shape index (κ2) is 9.06. The first-order valence-corrected chi connectivity index (χ1v) is 7.94. The highest BCUT2D eigenvalue weighted by atomic mass is 35.5. The molecule has 2 rings (SSSR count). The quantitative estimate of drug-likeness (QED) is 0.777. The smallest absolute Gasteiger partial charge is 0.221 e. The van der Waals surface area contributed by atoms with Crippen LogP contribution in [0, 0.1) is 0 Å². The van der Waals surface area contributed by atoms with Gasteiger partial charge in [0.15, 0.2) is 0 Å². The predicted octanol–water partition coefficient (Wildman–Crippen LogP) is 3.51. The van der Waals surface area contributed by atoms with Gasteiger partial charge in [-0.3, -0.25) is 4.79 Å². The van der Waals surface area contributed by atoms with E-state index < -0.39 is 0 Å². The second-order valence-electron chi connectivity index (χ2n) is 5.14. The highest BCUT2D eigenvalue weighted by molar-refractivity contribution is 6.30. The van der Waals surface area contributed by atoms with E-state index in [9.17, 15) is 4.79 Å². The Balaban J connectivity index is 1.63. The summed E-state index contributed by atoms with van der Waals surface area (Å²) >= 11 is 5.90. The summed E-state index contributed by atoms with van der Waals surface area (Å²) in [7, 11) is 1.65. The summed E-state index contributed by atoms with van der Waals surface area (Å²) in [6.07, 6.45) is 1.23. The topological polar surface area (TPSA) is 50.4 Å². The Morgan fingerprint density at radius 3 is 2.61 bits per heavy atom. The molecule has 0 aromatic heterocycles. The van der Waals surface area contributed by atoms with Crippen molar-refractivity contribution in [3.8, 4) is 5.75 Å². The van der Waals surface area contributed by atoms with Crippen molar-refractivity contribution in [1.82, 2.24) is 5.32 Å². The minimum Gasteiger partial charge on any atom is -0.497 e. The van der Waals surface area contributed by atoms with Crippen LogP contribution in [0.5, 0.6) is 5.75 Å². The Morgan fingerprint density at radius 1 is 1.13 bits per heavy atom. The second-order valence-corrected chi connectivity index (χ2v) is 5.57. The number of halogens is 1. The first-order valence-electron chi connectivity index (χ1n) is 7.56. The molecule has 0 unspecified atom stereocenters. The summed E-state index contributed by atoms with van der Waals surface area (Å²) in [5, 5.41) is 6.78. The molecule has 2 aromatic carbocycles. The van der Waals surface area contributed by atoms with Crippen molar-refractivity contribution < 1.29 is 9.53 Å². The zero-order chi connectivity index (χ0) is 16.5. The van der Waals surface area contributed by atoms with Crippen molar-refractivity contribution in [3.05, 3.63) is 59.1 Å². The molecule has 0 atom stereocenters. The van der Waals surface area contributed by atoms with Crippen LogP contribution >= 0.6 is 11.6 Å². The lowest BCUT2D eigenvalue weighted by atomic mass is 10.1. The van der Waals surface area contributed by atoms with Crippen molar-refractivity contribution in [2.75, 3.05) is 25.5 Å². The molecular formula is C18H21ClN2O2. The molecule has 0 spiro atoms. The van der Waals surface area contributed by atoms with Crippen molar-refractivity contribution >= 4 is 23.2 Å². The lowest BCUT2D eigenvalue weighted by molar-refractivity contribution is -0.120. The van der Waals surface area contributed by atoms with Crippen molar-refractivity contribution in [2.24, 2.45) is 0 Å². The van der Waals surface area contributed by atoms with Crippen molar-refractivity contribution in [1.29, 1.82) is 0 Å². The Labute approximate surface area is 141 Å². The van der Waals surface area contributed by atoms with Gasteiger partial charge in [0.25, 0.3) is 0 Å². The van der Waals surface area contributed by atoms with Crippen LogP contribution < -0.4 is 15.4 Å². The van der Waals surface area contributed by atoms with Gasteiger partial charge in [0.2, 0.25) is 5.91 Å². The molecule has 122 valence electrons. The molecule has 0 aliphatic rings. The molecule has 0 aliphatic heterocycles. The summed E-state index contributed by atoms with van der Waals surface area (Å²) in [6.45, 7) is 1.21. The van der Waals surface area contributed by atoms with Gasteiger partial charge < -0.3 is 15.4 Å². The number of hydrogen-bond acceptors (Lipinski definition) is 3. The van der Waals surface area contributed by atoms with E-state index in [1.165, 1.54) is 5.56 Å². The van der Waals surface area contributed by atoms with Gasteiger partial charge in [0, 0.05) is 30.2 Å². The third-order valence-corrected chi connectivity index (χ3v) is 3.64. The number of carbonyl (C=O) groups excluding carboxylic acids is 1. The maximum absolute atomic E-state index is 11.8. The third kappa shape index (κ3) is 6.20. The SMILES string of the molecule is COc1ccc(CCNC(=O)CCNc2cccc(Cl)c2)cc1. The van der Waals surface area contributed by atoms with Crippen LogP contribution in [0.15, 0.2) is 48.5 Å². The third-order valence-electron chi connectivity index (χ3n) is 3.40. The molecule has 0 heterocycles. The molecular weight excluding hydrogens is 312 g/mol. The van der Waals surface area contributed by atoms with E-state index in [-0.39, 0.29) is 5.91 Å². The van der Waals surface area contributed by atoms with E-state index in [2.05, 4.69) is 10.6 Å². The average Bonchev–Trinajstić information content (AvgIpc) is 2.55. The molecule has 1 amide bonds. The van der Waals surface area contributed by atoms with E-state index in [1.807, 2.05) is 48.5 Å². The fraction of sp³-hybridized carbons (Fsp3) is 0.278. The fourth-order valence-corrected chi connectivity index (χ4v) is 2.34. The number of rotatable bonds is 8. The minimum absolute atomic E-state index is 0.0352. The van der Waals surface area contributed by atoms with Gasteiger partial charge in [0.05, 0.1) is 7.11 Å². The van der Waals surface area contributed by atoms with Crippen molar-refractivity contribution in [2.45, 2.75) is 12.8 Å². The molecule has 0 bridgehead atoms. The summed E-state index contributed by atoms with van der Waals surface area (Å²) in [4.78, 5) is 11.8. The van der Waals surface area contributed by atoms with Crippen molar-refractivity contribution in [3.63, 3.8) is 0 Å². The van der Waals surface area contributed by atoms with Crippen LogP contribution in [0.4, 0.5) is 5.69 Å². The van der Waals surface area contributed by atoms with E-state index in [0.717, 1.165) is 17.9 Å². The standard InChI is InChI=1S/C18H21ClN2O2/c1-23-17-7-5-14(6-8-17)9-11-21-18(22)10-12-20-16-4-2-3-15(19)13-16/h2-8,13,20H,9-12H2,1H3,(H,21,22). The molecule has 0 saturated heterocycles. The number of anilines is 1. The molecule has 2 N–H and O–H groups in total. The Morgan fingerprint density at radius 2 is 1.91 bits per heavy atom. The molecule has 0 radical (unpaired) electrons. The molecule has 4 nitrogen and oxygen atoms in total. The predicted molar refractivity (Wildman–Crippen MR) is 94.3 cm³/mol. The largest absolute Gasteiger partial charge is 0.497 e. The lowest BCUT2D eigenvalue weighted by Gasteiger charge is -2.08. The number of carbonyl (C=O) groups is 1. The van der Waals surface area contributed by atoms with E-state index in [4.69, 9.17) is 16.3 Å². The first-order chi connectivity index (χ1) is 11.2. The van der Waals surface area contributed by atoms with E-state index in [1.54, 1.807) is 7.11 Å². The number of amides is 1. The van der Waals surface area contributed by atoms with Crippen LogP contribution in [-0.4, -0.2) is 26.1 Å². The zero-order valence-electron chi connectivity index (χ0n) is 13.1. The van der Waals surface area contributed by atoms with Gasteiger partial charge >= 0.3 is 0 Å². The van der Waals surface area contributed by atoms with Crippen LogP contribution in [-0.2, 0) is 11.2 Å². The monoisotopic (exact) mass is 332 g/mol. The van der Waals surface area contributed by atoms with Gasteiger partial charge in [-0.05, 0) is 42.3 Å². The molecule has 2 aromatic rings. The fourth-order valence-electron chi connectivity index (χ4n) is 2.15. The number of nitrogens with one attached hydrogen (secondary N) is 2. The normalized spacial score (nSPS) is 10.2. The summed E-state index contributed by atoms with van der Waals surface area (Å²) in [5.41, 5.74) is 2.09. The molecule has 0 saturated carbocycles. The lowest BCUT2D eigenvalue weighted by Crippen LogP contribution is -2.27. The summed E-state index contributed by atoms with van der Waals surface area (Å²) in [6, 6.07) is 15.3. The van der Waals surface area contributed by atoms with Gasteiger partial charge in [-0.15, -0.1) is 0 Å². The number of ether oxygens (including phenoxy) is 1. The maximum atomic E-state index is 11.8. The van der Waals surface area contributed by atoms with Crippen LogP contribution in [0.2, 0.25) is 5.02 Å². The highest BCUT2D eigenvalue weighted by Crippen LogP contribution is 2.14. The molecule has 0 aliphatic carbocycles. The molecule has 0 fully saturated rings. The van der Waals surface area contributed by atoms with Crippen LogP contribution in [0.3, 0.4) is 0 Å². The van der Waals surface area contributed by atoms with E-state index >= 15 is 0 Å². The minimum atomic E-state index is 0.0352.